The van der Waals surface area contributed by atoms with Crippen molar-refractivity contribution in [1.29, 1.82) is 0 Å². The van der Waals surface area contributed by atoms with Gasteiger partial charge in [0.2, 0.25) is 11.8 Å². The molecule has 0 aliphatic rings. The summed E-state index contributed by atoms with van der Waals surface area (Å²) in [6.07, 6.45) is 0.0839. The molecule has 9 nitrogen and oxygen atoms in total. The van der Waals surface area contributed by atoms with Crippen molar-refractivity contribution in [2.75, 3.05) is 30.4 Å². The highest BCUT2D eigenvalue weighted by molar-refractivity contribution is 9.10. The van der Waals surface area contributed by atoms with Crippen LogP contribution in [0.15, 0.2) is 46.9 Å². The lowest BCUT2D eigenvalue weighted by Gasteiger charge is -2.24. The van der Waals surface area contributed by atoms with Crippen molar-refractivity contribution in [3.05, 3.63) is 57.1 Å². The predicted octanol–water partition coefficient (Wildman–Crippen LogP) is 2.69. The molecule has 2 aromatic carbocycles. The lowest BCUT2D eigenvalue weighted by molar-refractivity contribution is -0.384. The molecule has 2 rings (SSSR count). The highest BCUT2D eigenvalue weighted by Crippen LogP contribution is 2.27. The molecule has 0 spiro atoms. The van der Waals surface area contributed by atoms with Crippen LogP contribution in [0.4, 0.5) is 17.1 Å². The van der Waals surface area contributed by atoms with E-state index in [9.17, 15) is 19.7 Å². The number of hydrogen-bond acceptors (Lipinski definition) is 6. The SMILES string of the molecule is COc1ccc(N(CCC(N)=O)CC(=O)Nc2ccc([N+](=O)[O-])cc2Br)cc1. The van der Waals surface area contributed by atoms with Crippen molar-refractivity contribution < 1.29 is 19.2 Å². The van der Waals surface area contributed by atoms with Gasteiger partial charge in [0.1, 0.15) is 5.75 Å². The van der Waals surface area contributed by atoms with E-state index >= 15 is 0 Å². The third-order valence-corrected chi connectivity index (χ3v) is 4.49. The Morgan fingerprint density at radius 3 is 2.46 bits per heavy atom. The van der Waals surface area contributed by atoms with Gasteiger partial charge < -0.3 is 20.7 Å². The summed E-state index contributed by atoms with van der Waals surface area (Å²) in [4.78, 5) is 35.6. The second-order valence-electron chi connectivity index (χ2n) is 5.81. The van der Waals surface area contributed by atoms with Gasteiger partial charge in [0.05, 0.1) is 24.3 Å². The second kappa shape index (κ2) is 9.70. The number of nitro benzene ring substituents is 1. The van der Waals surface area contributed by atoms with Crippen LogP contribution in [0, 0.1) is 10.1 Å². The Balaban J connectivity index is 2.12. The minimum atomic E-state index is -0.522. The summed E-state index contributed by atoms with van der Waals surface area (Å²) in [5.41, 5.74) is 6.26. The highest BCUT2D eigenvalue weighted by atomic mass is 79.9. The summed E-state index contributed by atoms with van der Waals surface area (Å²) in [7, 11) is 1.55. The number of halogens is 1. The number of nitrogens with two attached hydrogens (primary N) is 1. The molecule has 0 aliphatic heterocycles. The van der Waals surface area contributed by atoms with Crippen LogP contribution in [0.25, 0.3) is 0 Å². The third kappa shape index (κ3) is 5.95. The van der Waals surface area contributed by atoms with Crippen LogP contribution >= 0.6 is 15.9 Å². The van der Waals surface area contributed by atoms with E-state index in [2.05, 4.69) is 21.2 Å². The smallest absolute Gasteiger partial charge is 0.270 e. The molecule has 0 bridgehead atoms. The zero-order valence-corrected chi connectivity index (χ0v) is 16.6. The summed E-state index contributed by atoms with van der Waals surface area (Å²) >= 11 is 3.21. The molecule has 0 aromatic heterocycles. The van der Waals surface area contributed by atoms with E-state index in [1.54, 1.807) is 36.3 Å². The summed E-state index contributed by atoms with van der Waals surface area (Å²) in [6.45, 7) is 0.222. The number of rotatable bonds is 9. The van der Waals surface area contributed by atoms with Crippen molar-refractivity contribution in [1.82, 2.24) is 0 Å². The van der Waals surface area contributed by atoms with E-state index < -0.39 is 10.8 Å². The Labute approximate surface area is 169 Å². The van der Waals surface area contributed by atoms with Crippen LogP contribution in [0.2, 0.25) is 0 Å². The third-order valence-electron chi connectivity index (χ3n) is 3.84. The fraction of sp³-hybridized carbons (Fsp3) is 0.222. The predicted molar refractivity (Wildman–Crippen MR) is 108 cm³/mol. The number of primary amides is 1. The van der Waals surface area contributed by atoms with Crippen LogP contribution < -0.4 is 20.7 Å². The lowest BCUT2D eigenvalue weighted by atomic mass is 10.2. The molecule has 0 unspecified atom stereocenters. The number of anilines is 2. The topological polar surface area (TPSA) is 128 Å². The summed E-state index contributed by atoms with van der Waals surface area (Å²) in [5.74, 6) is -0.162. The number of ether oxygens (including phenoxy) is 1. The van der Waals surface area contributed by atoms with Crippen molar-refractivity contribution in [2.45, 2.75) is 6.42 Å². The van der Waals surface area contributed by atoms with Crippen molar-refractivity contribution >= 4 is 44.8 Å². The lowest BCUT2D eigenvalue weighted by Crippen LogP contribution is -2.35. The Bertz CT molecular complexity index is 873. The van der Waals surface area contributed by atoms with Gasteiger partial charge in [-0.25, -0.2) is 0 Å². The molecule has 0 saturated carbocycles. The number of hydrogen-bond donors (Lipinski definition) is 2. The van der Waals surface area contributed by atoms with Crippen LogP contribution in [-0.2, 0) is 9.59 Å². The monoisotopic (exact) mass is 450 g/mol. The molecule has 10 heteroatoms. The number of benzene rings is 2. The zero-order chi connectivity index (χ0) is 20.7. The number of methoxy groups -OCH3 is 1. The molecule has 0 atom stereocenters. The number of non-ortho nitro benzene ring substituents is 1. The van der Waals surface area contributed by atoms with Gasteiger partial charge in [-0.2, -0.15) is 0 Å². The number of nitrogens with one attached hydrogen (secondary N) is 1. The molecule has 3 N–H and O–H groups in total. The maximum atomic E-state index is 12.5. The average Bonchev–Trinajstić information content (AvgIpc) is 2.66. The van der Waals surface area contributed by atoms with Crippen molar-refractivity contribution in [2.24, 2.45) is 5.73 Å². The first-order chi connectivity index (χ1) is 13.3. The Morgan fingerprint density at radius 1 is 1.25 bits per heavy atom. The van der Waals surface area contributed by atoms with Gasteiger partial charge in [0, 0.05) is 35.3 Å². The molecule has 0 heterocycles. The van der Waals surface area contributed by atoms with Gasteiger partial charge in [-0.3, -0.25) is 19.7 Å². The molecular formula is C18H19BrN4O5. The fourth-order valence-electron chi connectivity index (χ4n) is 2.42. The standard InChI is InChI=1S/C18H19BrN4O5/c1-28-14-5-2-12(3-6-14)22(9-8-17(20)24)11-18(25)21-16-7-4-13(23(26)27)10-15(16)19/h2-7,10H,8-9,11H2,1H3,(H2,20,24)(H,21,25). The van der Waals surface area contributed by atoms with Crippen LogP contribution in [0.3, 0.4) is 0 Å². The van der Waals surface area contributed by atoms with Crippen LogP contribution in [-0.4, -0.2) is 36.9 Å². The van der Waals surface area contributed by atoms with Crippen LogP contribution in [0.5, 0.6) is 5.75 Å². The molecule has 148 valence electrons. The first-order valence-electron chi connectivity index (χ1n) is 8.21. The molecule has 0 aliphatic carbocycles. The number of carbonyl (C=O) groups is 2. The van der Waals surface area contributed by atoms with Gasteiger partial charge in [0.25, 0.3) is 5.69 Å². The molecule has 0 saturated heterocycles. The maximum absolute atomic E-state index is 12.5. The first-order valence-corrected chi connectivity index (χ1v) is 9.00. The highest BCUT2D eigenvalue weighted by Gasteiger charge is 2.15. The van der Waals surface area contributed by atoms with Crippen LogP contribution in [0.1, 0.15) is 6.42 Å². The number of nitrogens with zero attached hydrogens (tertiary/aromatic N) is 2. The fourth-order valence-corrected chi connectivity index (χ4v) is 2.89. The Morgan fingerprint density at radius 2 is 1.93 bits per heavy atom. The minimum Gasteiger partial charge on any atom is -0.497 e. The molecule has 2 aromatic rings. The van der Waals surface area contributed by atoms with Gasteiger partial charge >= 0.3 is 0 Å². The Kier molecular flexibility index (Phi) is 7.33. The largest absolute Gasteiger partial charge is 0.497 e. The number of nitro groups is 1. The van der Waals surface area contributed by atoms with E-state index in [0.717, 1.165) is 5.69 Å². The van der Waals surface area contributed by atoms with Gasteiger partial charge in [0.15, 0.2) is 0 Å². The normalized spacial score (nSPS) is 10.2. The van der Waals surface area contributed by atoms with Gasteiger partial charge in [-0.15, -0.1) is 0 Å². The minimum absolute atomic E-state index is 0.0387. The van der Waals surface area contributed by atoms with E-state index in [1.165, 1.54) is 18.2 Å². The molecule has 0 radical (unpaired) electrons. The van der Waals surface area contributed by atoms with Crippen molar-refractivity contribution in [3.8, 4) is 5.75 Å². The summed E-state index contributed by atoms with van der Waals surface area (Å²) < 4.78 is 5.51. The quantitative estimate of drug-likeness (QED) is 0.446. The van der Waals surface area contributed by atoms with E-state index in [1.807, 2.05) is 0 Å². The maximum Gasteiger partial charge on any atom is 0.270 e. The number of carbonyl (C=O) groups excluding carboxylic acids is 2. The summed E-state index contributed by atoms with van der Waals surface area (Å²) in [5, 5.41) is 13.5. The van der Waals surface area contributed by atoms with E-state index in [0.29, 0.717) is 15.9 Å². The summed E-state index contributed by atoms with van der Waals surface area (Å²) in [6, 6.07) is 11.1. The van der Waals surface area contributed by atoms with Crippen molar-refractivity contribution in [3.63, 3.8) is 0 Å². The second-order valence-corrected chi connectivity index (χ2v) is 6.66. The molecule has 2 amide bonds. The van der Waals surface area contributed by atoms with E-state index in [-0.39, 0.29) is 31.1 Å². The molecule has 28 heavy (non-hydrogen) atoms. The number of amides is 2. The van der Waals surface area contributed by atoms with Gasteiger partial charge in [-0.05, 0) is 46.3 Å². The molecular weight excluding hydrogens is 432 g/mol. The Hall–Kier alpha value is -3.14. The van der Waals surface area contributed by atoms with Gasteiger partial charge in [-0.1, -0.05) is 0 Å². The first kappa shape index (κ1) is 21.2. The average molecular weight is 451 g/mol. The zero-order valence-electron chi connectivity index (χ0n) is 15.1. The van der Waals surface area contributed by atoms with E-state index in [4.69, 9.17) is 10.5 Å². The molecule has 0 fully saturated rings.